The number of nitro groups is 2. The fraction of sp³-hybridized carbons (Fsp3) is 0. The summed E-state index contributed by atoms with van der Waals surface area (Å²) in [5, 5.41) is 30.8. The summed E-state index contributed by atoms with van der Waals surface area (Å²) >= 11 is 0. The lowest BCUT2D eigenvalue weighted by atomic mass is 10.0. The van der Waals surface area contributed by atoms with Crippen molar-refractivity contribution < 1.29 is 19.7 Å². The van der Waals surface area contributed by atoms with E-state index in [9.17, 15) is 25.0 Å². The van der Waals surface area contributed by atoms with E-state index in [1.54, 1.807) is 0 Å². The number of carboxylic acids is 1. The second-order valence-electron chi connectivity index (χ2n) is 3.92. The lowest BCUT2D eigenvalue weighted by Crippen LogP contribution is -2.04. The van der Waals surface area contributed by atoms with E-state index >= 15 is 0 Å². The monoisotopic (exact) mass is 289 g/mol. The second kappa shape index (κ2) is 5.33. The van der Waals surface area contributed by atoms with E-state index in [1.807, 2.05) is 0 Å². The summed E-state index contributed by atoms with van der Waals surface area (Å²) in [7, 11) is 0. The van der Waals surface area contributed by atoms with E-state index in [0.717, 1.165) is 18.2 Å². The maximum Gasteiger partial charge on any atom is 0.355 e. The molecule has 0 fully saturated rings. The minimum absolute atomic E-state index is 0.0200. The molecule has 0 aliphatic rings. The number of non-ortho nitro benzene ring substituents is 1. The van der Waals surface area contributed by atoms with Crippen molar-refractivity contribution in [3.63, 3.8) is 0 Å². The van der Waals surface area contributed by atoms with Gasteiger partial charge < -0.3 is 5.11 Å². The summed E-state index contributed by atoms with van der Waals surface area (Å²) in [4.78, 5) is 34.9. The van der Waals surface area contributed by atoms with Gasteiger partial charge in [0, 0.05) is 17.8 Å². The zero-order chi connectivity index (χ0) is 15.6. The number of pyridine rings is 1. The fourth-order valence-corrected chi connectivity index (χ4v) is 1.81. The van der Waals surface area contributed by atoms with Crippen molar-refractivity contribution >= 4 is 17.3 Å². The van der Waals surface area contributed by atoms with Crippen LogP contribution in [0.3, 0.4) is 0 Å². The maximum absolute atomic E-state index is 11.1. The largest absolute Gasteiger partial charge is 0.476 e. The molecule has 0 aliphatic carbocycles. The molecule has 0 unspecified atom stereocenters. The van der Waals surface area contributed by atoms with Crippen LogP contribution in [0.25, 0.3) is 11.1 Å². The van der Waals surface area contributed by atoms with E-state index in [4.69, 9.17) is 5.11 Å². The first kappa shape index (κ1) is 14.1. The van der Waals surface area contributed by atoms with Crippen LogP contribution in [-0.2, 0) is 0 Å². The average Bonchev–Trinajstić information content (AvgIpc) is 2.46. The van der Waals surface area contributed by atoms with Gasteiger partial charge in [0.15, 0.2) is 5.69 Å². The Morgan fingerprint density at radius 2 is 1.81 bits per heavy atom. The Morgan fingerprint density at radius 1 is 1.10 bits per heavy atom. The highest BCUT2D eigenvalue weighted by molar-refractivity contribution is 5.95. The third-order valence-corrected chi connectivity index (χ3v) is 2.69. The minimum atomic E-state index is -1.35. The third kappa shape index (κ3) is 2.66. The van der Waals surface area contributed by atoms with E-state index in [2.05, 4.69) is 4.98 Å². The average molecular weight is 289 g/mol. The molecule has 1 N–H and O–H groups in total. The van der Waals surface area contributed by atoms with Gasteiger partial charge in [-0.2, -0.15) is 0 Å². The van der Waals surface area contributed by atoms with Gasteiger partial charge in [0.25, 0.3) is 11.4 Å². The smallest absolute Gasteiger partial charge is 0.355 e. The summed E-state index contributed by atoms with van der Waals surface area (Å²) in [6.45, 7) is 0. The summed E-state index contributed by atoms with van der Waals surface area (Å²) in [5.74, 6) is -1.35. The van der Waals surface area contributed by atoms with Crippen LogP contribution >= 0.6 is 0 Å². The highest BCUT2D eigenvalue weighted by Gasteiger charge is 2.24. The molecule has 21 heavy (non-hydrogen) atoms. The predicted octanol–water partition coefficient (Wildman–Crippen LogP) is 2.26. The third-order valence-electron chi connectivity index (χ3n) is 2.69. The van der Waals surface area contributed by atoms with E-state index in [1.165, 1.54) is 18.3 Å². The number of aromatic nitrogens is 1. The molecule has 0 radical (unpaired) electrons. The molecule has 0 bridgehead atoms. The van der Waals surface area contributed by atoms with Gasteiger partial charge in [0.2, 0.25) is 0 Å². The normalized spacial score (nSPS) is 10.1. The first-order valence-electron chi connectivity index (χ1n) is 5.53. The summed E-state index contributed by atoms with van der Waals surface area (Å²) < 4.78 is 0. The lowest BCUT2D eigenvalue weighted by Gasteiger charge is -2.06. The first-order chi connectivity index (χ1) is 9.91. The molecule has 9 nitrogen and oxygen atoms in total. The molecule has 0 saturated carbocycles. The van der Waals surface area contributed by atoms with Crippen LogP contribution in [-0.4, -0.2) is 25.9 Å². The van der Waals surface area contributed by atoms with Gasteiger partial charge in [-0.05, 0) is 12.1 Å². The lowest BCUT2D eigenvalue weighted by molar-refractivity contribution is -0.393. The Labute approximate surface area is 116 Å². The number of benzene rings is 1. The van der Waals surface area contributed by atoms with Crippen LogP contribution in [0, 0.1) is 20.2 Å². The Hall–Kier alpha value is -3.36. The van der Waals surface area contributed by atoms with E-state index in [-0.39, 0.29) is 16.8 Å². The van der Waals surface area contributed by atoms with E-state index < -0.39 is 27.2 Å². The van der Waals surface area contributed by atoms with Gasteiger partial charge >= 0.3 is 5.97 Å². The van der Waals surface area contributed by atoms with Crippen LogP contribution in [0.5, 0.6) is 0 Å². The van der Waals surface area contributed by atoms with Crippen molar-refractivity contribution in [1.29, 1.82) is 0 Å². The number of nitrogens with zero attached hydrogens (tertiary/aromatic N) is 3. The number of hydrogen-bond donors (Lipinski definition) is 1. The number of carbonyl (C=O) groups is 1. The number of rotatable bonds is 4. The first-order valence-corrected chi connectivity index (χ1v) is 5.53. The molecule has 2 aromatic rings. The highest BCUT2D eigenvalue weighted by Crippen LogP contribution is 2.34. The fourth-order valence-electron chi connectivity index (χ4n) is 1.81. The molecule has 9 heteroatoms. The molecule has 1 aromatic heterocycles. The van der Waals surface area contributed by atoms with Crippen LogP contribution in [0.15, 0.2) is 36.5 Å². The molecule has 0 aliphatic heterocycles. The maximum atomic E-state index is 11.1. The van der Waals surface area contributed by atoms with Crippen LogP contribution < -0.4 is 0 Å². The minimum Gasteiger partial charge on any atom is -0.476 e. The van der Waals surface area contributed by atoms with Crippen LogP contribution in [0.4, 0.5) is 11.4 Å². The van der Waals surface area contributed by atoms with Gasteiger partial charge in [0.05, 0.1) is 21.5 Å². The van der Waals surface area contributed by atoms with Gasteiger partial charge in [-0.3, -0.25) is 20.2 Å². The SMILES string of the molecule is O=C(O)c1ncccc1-c1ccc([N+](=O)[O-])cc1[N+](=O)[O-]. The molecular weight excluding hydrogens is 282 g/mol. The Kier molecular flexibility index (Phi) is 3.57. The van der Waals surface area contributed by atoms with E-state index in [0.29, 0.717) is 0 Å². The molecule has 0 amide bonds. The number of hydrogen-bond acceptors (Lipinski definition) is 6. The van der Waals surface area contributed by atoms with Crippen molar-refractivity contribution in [3.05, 3.63) is 62.5 Å². The number of carboxylic acid groups (broad SMARTS) is 1. The van der Waals surface area contributed by atoms with Crippen LogP contribution in [0.2, 0.25) is 0 Å². The molecule has 1 heterocycles. The number of nitro benzene ring substituents is 2. The number of aromatic carboxylic acids is 1. The molecule has 106 valence electrons. The van der Waals surface area contributed by atoms with Gasteiger partial charge in [-0.15, -0.1) is 0 Å². The molecule has 1 aromatic carbocycles. The topological polar surface area (TPSA) is 136 Å². The second-order valence-corrected chi connectivity index (χ2v) is 3.92. The van der Waals surface area contributed by atoms with Gasteiger partial charge in [-0.1, -0.05) is 6.07 Å². The van der Waals surface area contributed by atoms with Crippen molar-refractivity contribution in [2.75, 3.05) is 0 Å². The zero-order valence-corrected chi connectivity index (χ0v) is 10.3. The Bertz CT molecular complexity index is 758. The summed E-state index contributed by atoms with van der Waals surface area (Å²) in [6.07, 6.45) is 1.24. The van der Waals surface area contributed by atoms with Crippen molar-refractivity contribution in [2.45, 2.75) is 0 Å². The predicted molar refractivity (Wildman–Crippen MR) is 69.9 cm³/mol. The standard InChI is InChI=1S/C12H7N3O6/c16-12(17)11-9(2-1-5-13-11)8-4-3-7(14(18)19)6-10(8)15(20)21/h1-6H,(H,16,17). The molecule has 0 atom stereocenters. The Morgan fingerprint density at radius 3 is 2.38 bits per heavy atom. The molecule has 0 spiro atoms. The summed E-state index contributed by atoms with van der Waals surface area (Å²) in [6, 6.07) is 5.77. The molecular formula is C12H7N3O6. The molecule has 0 saturated heterocycles. The Balaban J connectivity index is 2.72. The van der Waals surface area contributed by atoms with Crippen molar-refractivity contribution in [2.24, 2.45) is 0 Å². The van der Waals surface area contributed by atoms with Crippen molar-refractivity contribution in [1.82, 2.24) is 4.98 Å². The zero-order valence-electron chi connectivity index (χ0n) is 10.3. The van der Waals surface area contributed by atoms with Gasteiger partial charge in [-0.25, -0.2) is 9.78 Å². The summed E-state index contributed by atoms with van der Waals surface area (Å²) in [5.41, 5.74) is -1.40. The highest BCUT2D eigenvalue weighted by atomic mass is 16.6. The molecule has 2 rings (SSSR count). The van der Waals surface area contributed by atoms with Gasteiger partial charge in [0.1, 0.15) is 0 Å². The van der Waals surface area contributed by atoms with Crippen LogP contribution in [0.1, 0.15) is 10.5 Å². The quantitative estimate of drug-likeness (QED) is 0.673. The van der Waals surface area contributed by atoms with Crippen molar-refractivity contribution in [3.8, 4) is 11.1 Å².